The van der Waals surface area contributed by atoms with Gasteiger partial charge < -0.3 is 5.32 Å². The number of fused-ring (bicyclic) bond motifs is 1. The first-order valence-corrected chi connectivity index (χ1v) is 8.90. The van der Waals surface area contributed by atoms with E-state index in [2.05, 4.69) is 22.2 Å². The lowest BCUT2D eigenvalue weighted by Gasteiger charge is -2.30. The molecule has 4 nitrogen and oxygen atoms in total. The normalized spacial score (nSPS) is 22.9. The molecule has 3 rings (SSSR count). The standard InChI is InChI=1S/C15H22N2O2S/c1-11(9-16-14-6-7-14)20(18,19)17-10-13-8-12-4-2-3-5-15(12)13/h2-5,11,13-14,16-17H,6-10H2,1H3. The minimum Gasteiger partial charge on any atom is -0.313 e. The van der Waals surface area contributed by atoms with Crippen molar-refractivity contribution in [2.45, 2.75) is 43.4 Å². The minimum atomic E-state index is -3.21. The first-order chi connectivity index (χ1) is 9.56. The Morgan fingerprint density at radius 3 is 2.75 bits per heavy atom. The second-order valence-electron chi connectivity index (χ2n) is 5.99. The average Bonchev–Trinajstić information content (AvgIpc) is 3.21. The molecule has 0 spiro atoms. The van der Waals surface area contributed by atoms with E-state index in [9.17, 15) is 8.42 Å². The molecule has 0 heterocycles. The van der Waals surface area contributed by atoms with Crippen LogP contribution in [0.1, 0.15) is 36.8 Å². The van der Waals surface area contributed by atoms with E-state index in [4.69, 9.17) is 0 Å². The summed E-state index contributed by atoms with van der Waals surface area (Å²) in [5, 5.41) is 2.90. The molecule has 1 aromatic rings. The van der Waals surface area contributed by atoms with Gasteiger partial charge in [-0.2, -0.15) is 0 Å². The van der Waals surface area contributed by atoms with E-state index in [0.29, 0.717) is 25.0 Å². The fraction of sp³-hybridized carbons (Fsp3) is 0.600. The van der Waals surface area contributed by atoms with Crippen LogP contribution in [0.5, 0.6) is 0 Å². The summed E-state index contributed by atoms with van der Waals surface area (Å²) < 4.78 is 27.1. The van der Waals surface area contributed by atoms with E-state index in [0.717, 1.165) is 6.42 Å². The number of hydrogen-bond donors (Lipinski definition) is 2. The Morgan fingerprint density at radius 1 is 1.30 bits per heavy atom. The Labute approximate surface area is 121 Å². The molecule has 0 aromatic heterocycles. The number of benzene rings is 1. The van der Waals surface area contributed by atoms with Crippen molar-refractivity contribution in [2.75, 3.05) is 13.1 Å². The number of rotatable bonds is 7. The predicted molar refractivity (Wildman–Crippen MR) is 80.3 cm³/mol. The highest BCUT2D eigenvalue weighted by Crippen LogP contribution is 2.34. The molecule has 1 fully saturated rings. The largest absolute Gasteiger partial charge is 0.313 e. The third-order valence-electron chi connectivity index (χ3n) is 4.29. The van der Waals surface area contributed by atoms with Gasteiger partial charge in [0.15, 0.2) is 0 Å². The van der Waals surface area contributed by atoms with Gasteiger partial charge in [-0.25, -0.2) is 13.1 Å². The molecule has 110 valence electrons. The van der Waals surface area contributed by atoms with Crippen molar-refractivity contribution in [1.29, 1.82) is 0 Å². The van der Waals surface area contributed by atoms with E-state index in [1.807, 2.05) is 12.1 Å². The van der Waals surface area contributed by atoms with Gasteiger partial charge in [-0.05, 0) is 37.3 Å². The molecule has 20 heavy (non-hydrogen) atoms. The minimum absolute atomic E-state index is 0.338. The van der Waals surface area contributed by atoms with Crippen molar-refractivity contribution in [2.24, 2.45) is 0 Å². The lowest BCUT2D eigenvalue weighted by molar-refractivity contribution is 0.536. The summed E-state index contributed by atoms with van der Waals surface area (Å²) in [4.78, 5) is 0. The van der Waals surface area contributed by atoms with Gasteiger partial charge >= 0.3 is 0 Å². The Morgan fingerprint density at radius 2 is 2.05 bits per heavy atom. The summed E-state index contributed by atoms with van der Waals surface area (Å²) in [6.45, 7) is 2.83. The molecule has 2 aliphatic rings. The van der Waals surface area contributed by atoms with Gasteiger partial charge in [0, 0.05) is 25.0 Å². The molecule has 0 saturated heterocycles. The molecule has 0 aliphatic heterocycles. The van der Waals surface area contributed by atoms with E-state index < -0.39 is 10.0 Å². The first kappa shape index (κ1) is 14.0. The SMILES string of the molecule is CC(CNC1CC1)S(=O)(=O)NCC1Cc2ccccc21. The van der Waals surface area contributed by atoms with Gasteiger partial charge in [-0.15, -0.1) is 0 Å². The van der Waals surface area contributed by atoms with Crippen LogP contribution in [-0.2, 0) is 16.4 Å². The van der Waals surface area contributed by atoms with E-state index in [-0.39, 0.29) is 5.25 Å². The maximum atomic E-state index is 12.2. The van der Waals surface area contributed by atoms with Gasteiger partial charge in [0.2, 0.25) is 10.0 Å². The molecule has 1 aromatic carbocycles. The molecule has 2 N–H and O–H groups in total. The zero-order chi connectivity index (χ0) is 14.2. The van der Waals surface area contributed by atoms with Gasteiger partial charge in [0.05, 0.1) is 5.25 Å². The highest BCUT2D eigenvalue weighted by atomic mass is 32.2. The van der Waals surface area contributed by atoms with Gasteiger partial charge in [-0.3, -0.25) is 0 Å². The molecule has 2 unspecified atom stereocenters. The molecule has 0 radical (unpaired) electrons. The summed E-state index contributed by atoms with van der Waals surface area (Å²) in [5.74, 6) is 0.338. The van der Waals surface area contributed by atoms with E-state index in [1.165, 1.54) is 24.0 Å². The lowest BCUT2D eigenvalue weighted by atomic mass is 9.78. The number of nitrogens with one attached hydrogen (secondary N) is 2. The topological polar surface area (TPSA) is 58.2 Å². The highest BCUT2D eigenvalue weighted by Gasteiger charge is 2.29. The van der Waals surface area contributed by atoms with Crippen LogP contribution >= 0.6 is 0 Å². The van der Waals surface area contributed by atoms with Crippen molar-refractivity contribution in [1.82, 2.24) is 10.0 Å². The van der Waals surface area contributed by atoms with Gasteiger partial charge in [0.25, 0.3) is 0 Å². The van der Waals surface area contributed by atoms with Crippen molar-refractivity contribution >= 4 is 10.0 Å². The zero-order valence-corrected chi connectivity index (χ0v) is 12.6. The summed E-state index contributed by atoms with van der Waals surface area (Å²) in [7, 11) is -3.21. The van der Waals surface area contributed by atoms with Crippen LogP contribution in [0.25, 0.3) is 0 Å². The maximum absolute atomic E-state index is 12.2. The molecular weight excluding hydrogens is 272 g/mol. The summed E-state index contributed by atoms with van der Waals surface area (Å²) >= 11 is 0. The second kappa shape index (κ2) is 5.47. The summed E-state index contributed by atoms with van der Waals surface area (Å²) in [6.07, 6.45) is 3.34. The lowest BCUT2D eigenvalue weighted by Crippen LogP contribution is -2.42. The van der Waals surface area contributed by atoms with Crippen LogP contribution in [0.3, 0.4) is 0 Å². The van der Waals surface area contributed by atoms with Crippen molar-refractivity contribution in [3.05, 3.63) is 35.4 Å². The molecule has 1 saturated carbocycles. The molecule has 2 atom stereocenters. The quantitative estimate of drug-likeness (QED) is 0.799. The average molecular weight is 294 g/mol. The number of sulfonamides is 1. The Kier molecular flexibility index (Phi) is 3.84. The first-order valence-electron chi connectivity index (χ1n) is 7.36. The fourth-order valence-electron chi connectivity index (χ4n) is 2.63. The van der Waals surface area contributed by atoms with Crippen LogP contribution in [0.4, 0.5) is 0 Å². The molecule has 0 amide bonds. The smallest absolute Gasteiger partial charge is 0.215 e. The Balaban J connectivity index is 1.50. The van der Waals surface area contributed by atoms with Crippen molar-refractivity contribution in [3.8, 4) is 0 Å². The van der Waals surface area contributed by atoms with Crippen LogP contribution in [0.2, 0.25) is 0 Å². The van der Waals surface area contributed by atoms with Gasteiger partial charge in [-0.1, -0.05) is 24.3 Å². The monoisotopic (exact) mass is 294 g/mol. The van der Waals surface area contributed by atoms with Gasteiger partial charge in [0.1, 0.15) is 0 Å². The molecule has 0 bridgehead atoms. The maximum Gasteiger partial charge on any atom is 0.215 e. The number of hydrogen-bond acceptors (Lipinski definition) is 3. The third-order valence-corrected chi connectivity index (χ3v) is 6.09. The van der Waals surface area contributed by atoms with Crippen molar-refractivity contribution in [3.63, 3.8) is 0 Å². The summed E-state index contributed by atoms with van der Waals surface area (Å²) in [5.41, 5.74) is 2.64. The predicted octanol–water partition coefficient (Wildman–Crippen LogP) is 1.39. The molecule has 5 heteroatoms. The van der Waals surface area contributed by atoms with Crippen molar-refractivity contribution < 1.29 is 8.42 Å². The zero-order valence-electron chi connectivity index (χ0n) is 11.8. The van der Waals surface area contributed by atoms with Crippen LogP contribution in [0.15, 0.2) is 24.3 Å². The Hall–Kier alpha value is -0.910. The summed E-state index contributed by atoms with van der Waals surface area (Å²) in [6, 6.07) is 8.80. The van der Waals surface area contributed by atoms with Crippen LogP contribution in [-0.4, -0.2) is 32.8 Å². The fourth-order valence-corrected chi connectivity index (χ4v) is 3.67. The van der Waals surface area contributed by atoms with E-state index in [1.54, 1.807) is 6.92 Å². The third kappa shape index (κ3) is 3.05. The molecular formula is C15H22N2O2S. The van der Waals surface area contributed by atoms with Crippen LogP contribution in [0, 0.1) is 0 Å². The molecule has 2 aliphatic carbocycles. The Bertz CT molecular complexity index is 581. The second-order valence-corrected chi connectivity index (χ2v) is 8.17. The highest BCUT2D eigenvalue weighted by molar-refractivity contribution is 7.90. The van der Waals surface area contributed by atoms with Crippen LogP contribution < -0.4 is 10.0 Å². The van der Waals surface area contributed by atoms with E-state index >= 15 is 0 Å².